The molecule has 0 saturated heterocycles. The highest BCUT2D eigenvalue weighted by atomic mass is 16.1. The molecule has 1 amide bonds. The van der Waals surface area contributed by atoms with Gasteiger partial charge in [-0.25, -0.2) is 4.98 Å². The van der Waals surface area contributed by atoms with Gasteiger partial charge in [0.25, 0.3) is 5.91 Å². The zero-order valence-corrected chi connectivity index (χ0v) is 13.0. The zero-order valence-electron chi connectivity index (χ0n) is 13.0. The van der Waals surface area contributed by atoms with Crippen molar-refractivity contribution >= 4 is 17.3 Å². The standard InChI is InChI=1S/C18H21N3O/c1-4-11-19-18(22)17-10-9-16(12-20-17)21-15-7-5-14(6-8-15)13(2)3/h4-10,12-13,21H,1,11H2,2-3H3,(H,19,22). The summed E-state index contributed by atoms with van der Waals surface area (Å²) in [6, 6.07) is 11.8. The summed E-state index contributed by atoms with van der Waals surface area (Å²) in [6.07, 6.45) is 3.29. The Morgan fingerprint density at radius 1 is 1.18 bits per heavy atom. The van der Waals surface area contributed by atoms with Crippen LogP contribution in [0.3, 0.4) is 0 Å². The van der Waals surface area contributed by atoms with Crippen molar-refractivity contribution in [2.45, 2.75) is 19.8 Å². The second kappa shape index (κ2) is 7.41. The first-order valence-electron chi connectivity index (χ1n) is 7.32. The number of hydrogen-bond acceptors (Lipinski definition) is 3. The number of nitrogens with one attached hydrogen (secondary N) is 2. The summed E-state index contributed by atoms with van der Waals surface area (Å²) in [5, 5.41) is 5.96. The molecule has 4 heteroatoms. The van der Waals surface area contributed by atoms with Gasteiger partial charge in [0.1, 0.15) is 5.69 Å². The van der Waals surface area contributed by atoms with Gasteiger partial charge in [-0.3, -0.25) is 4.79 Å². The molecule has 2 aromatic rings. The number of aromatic nitrogens is 1. The quantitative estimate of drug-likeness (QED) is 0.796. The maximum absolute atomic E-state index is 11.7. The van der Waals surface area contributed by atoms with Crippen molar-refractivity contribution < 1.29 is 4.79 Å². The van der Waals surface area contributed by atoms with Crippen molar-refractivity contribution in [2.75, 3.05) is 11.9 Å². The van der Waals surface area contributed by atoms with Crippen molar-refractivity contribution in [2.24, 2.45) is 0 Å². The van der Waals surface area contributed by atoms with Crippen LogP contribution in [0.25, 0.3) is 0 Å². The maximum Gasteiger partial charge on any atom is 0.270 e. The van der Waals surface area contributed by atoms with Gasteiger partial charge < -0.3 is 10.6 Å². The second-order valence-electron chi connectivity index (χ2n) is 5.33. The van der Waals surface area contributed by atoms with Gasteiger partial charge in [0.15, 0.2) is 0 Å². The lowest BCUT2D eigenvalue weighted by molar-refractivity contribution is 0.0953. The van der Waals surface area contributed by atoms with Crippen LogP contribution >= 0.6 is 0 Å². The highest BCUT2D eigenvalue weighted by Gasteiger charge is 2.05. The Kier molecular flexibility index (Phi) is 5.31. The van der Waals surface area contributed by atoms with E-state index < -0.39 is 0 Å². The van der Waals surface area contributed by atoms with E-state index in [4.69, 9.17) is 0 Å². The number of nitrogens with zero attached hydrogens (tertiary/aromatic N) is 1. The van der Waals surface area contributed by atoms with Crippen LogP contribution in [0.15, 0.2) is 55.3 Å². The molecule has 0 spiro atoms. The molecule has 1 aromatic heterocycles. The van der Waals surface area contributed by atoms with Crippen LogP contribution in [0, 0.1) is 0 Å². The number of rotatable bonds is 6. The average molecular weight is 295 g/mol. The summed E-state index contributed by atoms with van der Waals surface area (Å²) in [6.45, 7) is 8.33. The summed E-state index contributed by atoms with van der Waals surface area (Å²) in [5.74, 6) is 0.316. The van der Waals surface area contributed by atoms with E-state index in [0.717, 1.165) is 11.4 Å². The largest absolute Gasteiger partial charge is 0.354 e. The molecular formula is C18H21N3O. The van der Waals surface area contributed by atoms with Crippen LogP contribution in [0.2, 0.25) is 0 Å². The van der Waals surface area contributed by atoms with Crippen molar-refractivity contribution in [3.63, 3.8) is 0 Å². The van der Waals surface area contributed by atoms with Crippen LogP contribution < -0.4 is 10.6 Å². The smallest absolute Gasteiger partial charge is 0.270 e. The molecule has 2 N–H and O–H groups in total. The van der Waals surface area contributed by atoms with E-state index in [1.165, 1.54) is 5.56 Å². The lowest BCUT2D eigenvalue weighted by Gasteiger charge is -2.09. The highest BCUT2D eigenvalue weighted by molar-refractivity contribution is 5.92. The van der Waals surface area contributed by atoms with Crippen molar-refractivity contribution in [1.82, 2.24) is 10.3 Å². The molecule has 114 valence electrons. The molecule has 1 heterocycles. The van der Waals surface area contributed by atoms with Gasteiger partial charge in [0.2, 0.25) is 0 Å². The second-order valence-corrected chi connectivity index (χ2v) is 5.33. The van der Waals surface area contributed by atoms with Gasteiger partial charge in [-0.05, 0) is 35.7 Å². The molecule has 4 nitrogen and oxygen atoms in total. The Bertz CT molecular complexity index is 630. The van der Waals surface area contributed by atoms with Crippen LogP contribution in [0.4, 0.5) is 11.4 Å². The first-order valence-corrected chi connectivity index (χ1v) is 7.32. The summed E-state index contributed by atoms with van der Waals surface area (Å²) in [7, 11) is 0. The maximum atomic E-state index is 11.7. The van der Waals surface area contributed by atoms with Gasteiger partial charge in [-0.15, -0.1) is 6.58 Å². The topological polar surface area (TPSA) is 54.0 Å². The van der Waals surface area contributed by atoms with Crippen molar-refractivity contribution in [3.05, 3.63) is 66.5 Å². The molecule has 0 aliphatic rings. The molecule has 0 fully saturated rings. The van der Waals surface area contributed by atoms with E-state index in [1.54, 1.807) is 18.3 Å². The molecule has 0 atom stereocenters. The molecule has 0 unspecified atom stereocenters. The minimum atomic E-state index is -0.201. The number of pyridine rings is 1. The van der Waals surface area contributed by atoms with E-state index in [2.05, 4.69) is 48.2 Å². The van der Waals surface area contributed by atoms with Gasteiger partial charge in [0, 0.05) is 12.2 Å². The predicted molar refractivity (Wildman–Crippen MR) is 90.6 cm³/mol. The number of benzene rings is 1. The molecule has 2 rings (SSSR count). The molecule has 0 radical (unpaired) electrons. The fraction of sp³-hybridized carbons (Fsp3) is 0.222. The Morgan fingerprint density at radius 2 is 1.86 bits per heavy atom. The number of amides is 1. The summed E-state index contributed by atoms with van der Waals surface area (Å²) in [5.41, 5.74) is 3.54. The van der Waals surface area contributed by atoms with Crippen LogP contribution in [-0.2, 0) is 0 Å². The fourth-order valence-corrected chi connectivity index (χ4v) is 1.98. The summed E-state index contributed by atoms with van der Waals surface area (Å²) >= 11 is 0. The number of anilines is 2. The van der Waals surface area contributed by atoms with E-state index in [0.29, 0.717) is 18.2 Å². The predicted octanol–water partition coefficient (Wildman–Crippen LogP) is 3.86. The Hall–Kier alpha value is -2.62. The molecule has 0 aliphatic heterocycles. The fourth-order valence-electron chi connectivity index (χ4n) is 1.98. The molecule has 22 heavy (non-hydrogen) atoms. The molecule has 0 bridgehead atoms. The van der Waals surface area contributed by atoms with Crippen molar-refractivity contribution in [3.8, 4) is 0 Å². The monoisotopic (exact) mass is 295 g/mol. The van der Waals surface area contributed by atoms with Gasteiger partial charge >= 0.3 is 0 Å². The summed E-state index contributed by atoms with van der Waals surface area (Å²) in [4.78, 5) is 15.9. The summed E-state index contributed by atoms with van der Waals surface area (Å²) < 4.78 is 0. The third kappa shape index (κ3) is 4.19. The van der Waals surface area contributed by atoms with E-state index in [1.807, 2.05) is 18.2 Å². The normalized spacial score (nSPS) is 10.3. The van der Waals surface area contributed by atoms with E-state index in [-0.39, 0.29) is 5.91 Å². The minimum Gasteiger partial charge on any atom is -0.354 e. The van der Waals surface area contributed by atoms with Gasteiger partial charge in [0.05, 0.1) is 11.9 Å². The van der Waals surface area contributed by atoms with Gasteiger partial charge in [-0.1, -0.05) is 32.1 Å². The SMILES string of the molecule is C=CCNC(=O)c1ccc(Nc2ccc(C(C)C)cc2)cn1. The number of hydrogen-bond donors (Lipinski definition) is 2. The molecule has 0 aliphatic carbocycles. The first-order chi connectivity index (χ1) is 10.6. The molecule has 1 aromatic carbocycles. The zero-order chi connectivity index (χ0) is 15.9. The van der Waals surface area contributed by atoms with E-state index in [9.17, 15) is 4.79 Å². The Morgan fingerprint density at radius 3 is 2.41 bits per heavy atom. The third-order valence-corrected chi connectivity index (χ3v) is 3.27. The Labute approximate surface area is 131 Å². The van der Waals surface area contributed by atoms with Crippen LogP contribution in [-0.4, -0.2) is 17.4 Å². The van der Waals surface area contributed by atoms with E-state index >= 15 is 0 Å². The van der Waals surface area contributed by atoms with Crippen molar-refractivity contribution in [1.29, 1.82) is 0 Å². The van der Waals surface area contributed by atoms with Crippen LogP contribution in [0.1, 0.15) is 35.8 Å². The lowest BCUT2D eigenvalue weighted by atomic mass is 10.0. The number of carbonyl (C=O) groups is 1. The lowest BCUT2D eigenvalue weighted by Crippen LogP contribution is -2.24. The Balaban J connectivity index is 2.01. The molecular weight excluding hydrogens is 274 g/mol. The minimum absolute atomic E-state index is 0.201. The molecule has 0 saturated carbocycles. The average Bonchev–Trinajstić information content (AvgIpc) is 2.54. The third-order valence-electron chi connectivity index (χ3n) is 3.27. The van der Waals surface area contributed by atoms with Gasteiger partial charge in [-0.2, -0.15) is 0 Å². The first kappa shape index (κ1) is 15.8. The van der Waals surface area contributed by atoms with Crippen LogP contribution in [0.5, 0.6) is 0 Å². The highest BCUT2D eigenvalue weighted by Crippen LogP contribution is 2.20. The number of carbonyl (C=O) groups excluding carboxylic acids is 1.